The van der Waals surface area contributed by atoms with Gasteiger partial charge in [-0.3, -0.25) is 4.79 Å². The predicted octanol–water partition coefficient (Wildman–Crippen LogP) is 1.95. The summed E-state index contributed by atoms with van der Waals surface area (Å²) >= 11 is 0. The first-order valence-corrected chi connectivity index (χ1v) is 4.39. The van der Waals surface area contributed by atoms with E-state index in [0.29, 0.717) is 5.56 Å². The molecule has 0 spiro atoms. The van der Waals surface area contributed by atoms with Crippen molar-refractivity contribution >= 4 is 5.78 Å². The molecule has 0 aromatic heterocycles. The molecule has 0 radical (unpaired) electrons. The van der Waals surface area contributed by atoms with E-state index >= 15 is 0 Å². The van der Waals surface area contributed by atoms with Gasteiger partial charge in [0.2, 0.25) is 0 Å². The Labute approximate surface area is 78.2 Å². The molecule has 0 saturated heterocycles. The second kappa shape index (κ2) is 4.19. The Balaban J connectivity index is 2.80. The first kappa shape index (κ1) is 9.93. The maximum atomic E-state index is 11.4. The van der Waals surface area contributed by atoms with E-state index in [1.54, 1.807) is 26.0 Å². The van der Waals surface area contributed by atoms with Gasteiger partial charge in [0.1, 0.15) is 6.10 Å². The Morgan fingerprint density at radius 1 is 1.23 bits per heavy atom. The Hall–Kier alpha value is -1.15. The van der Waals surface area contributed by atoms with E-state index in [1.807, 2.05) is 18.2 Å². The van der Waals surface area contributed by atoms with E-state index in [0.717, 1.165) is 0 Å². The molecular formula is C11H14O2. The van der Waals surface area contributed by atoms with Gasteiger partial charge >= 0.3 is 0 Å². The van der Waals surface area contributed by atoms with E-state index in [4.69, 9.17) is 0 Å². The van der Waals surface area contributed by atoms with Crippen LogP contribution >= 0.6 is 0 Å². The molecule has 2 nitrogen and oxygen atoms in total. The van der Waals surface area contributed by atoms with Crippen LogP contribution < -0.4 is 0 Å². The number of hydrogen-bond donors (Lipinski definition) is 1. The number of aliphatic hydroxyl groups excluding tert-OH is 1. The average molecular weight is 178 g/mol. The van der Waals surface area contributed by atoms with E-state index in [2.05, 4.69) is 0 Å². The summed E-state index contributed by atoms with van der Waals surface area (Å²) in [6.45, 7) is 3.57. The molecule has 0 amide bonds. The number of aliphatic hydroxyl groups is 1. The average Bonchev–Trinajstić information content (AvgIpc) is 2.17. The molecule has 1 N–H and O–H groups in total. The second-order valence-electron chi connectivity index (χ2n) is 3.37. The SMILES string of the molecule is CC(C)C(=O)[C@@H](O)c1ccccc1. The first-order chi connectivity index (χ1) is 6.13. The summed E-state index contributed by atoms with van der Waals surface area (Å²) in [5, 5.41) is 9.61. The number of hydrogen-bond acceptors (Lipinski definition) is 2. The molecule has 0 fully saturated rings. The van der Waals surface area contributed by atoms with E-state index in [9.17, 15) is 9.90 Å². The monoisotopic (exact) mass is 178 g/mol. The van der Waals surface area contributed by atoms with Crippen molar-refractivity contribution in [2.45, 2.75) is 20.0 Å². The highest BCUT2D eigenvalue weighted by Crippen LogP contribution is 2.16. The van der Waals surface area contributed by atoms with Gasteiger partial charge in [0, 0.05) is 5.92 Å². The minimum Gasteiger partial charge on any atom is -0.381 e. The first-order valence-electron chi connectivity index (χ1n) is 4.39. The van der Waals surface area contributed by atoms with Gasteiger partial charge < -0.3 is 5.11 Å². The highest BCUT2D eigenvalue weighted by atomic mass is 16.3. The number of ketones is 1. The molecule has 0 saturated carbocycles. The Kier molecular flexibility index (Phi) is 3.20. The topological polar surface area (TPSA) is 37.3 Å². The Morgan fingerprint density at radius 2 is 1.77 bits per heavy atom. The second-order valence-corrected chi connectivity index (χ2v) is 3.37. The van der Waals surface area contributed by atoms with Crippen LogP contribution in [0.3, 0.4) is 0 Å². The van der Waals surface area contributed by atoms with Crippen molar-refractivity contribution in [3.05, 3.63) is 35.9 Å². The fraction of sp³-hybridized carbons (Fsp3) is 0.364. The summed E-state index contributed by atoms with van der Waals surface area (Å²) in [5.74, 6) is -0.263. The van der Waals surface area contributed by atoms with Crippen LogP contribution in [0.1, 0.15) is 25.5 Å². The molecule has 0 aliphatic carbocycles. The Morgan fingerprint density at radius 3 is 2.23 bits per heavy atom. The van der Waals surface area contributed by atoms with Crippen molar-refractivity contribution < 1.29 is 9.90 Å². The van der Waals surface area contributed by atoms with Crippen LogP contribution in [-0.2, 0) is 4.79 Å². The van der Waals surface area contributed by atoms with E-state index < -0.39 is 6.10 Å². The minimum atomic E-state index is -0.971. The maximum absolute atomic E-state index is 11.4. The molecule has 0 heterocycles. The third-order valence-corrected chi connectivity index (χ3v) is 1.95. The molecule has 0 aliphatic rings. The molecule has 2 heteroatoms. The predicted molar refractivity (Wildman–Crippen MR) is 51.2 cm³/mol. The van der Waals surface area contributed by atoms with Crippen LogP contribution in [0.15, 0.2) is 30.3 Å². The molecular weight excluding hydrogens is 164 g/mol. The van der Waals surface area contributed by atoms with Crippen LogP contribution in [0.4, 0.5) is 0 Å². The van der Waals surface area contributed by atoms with Gasteiger partial charge in [0.15, 0.2) is 5.78 Å². The summed E-state index contributed by atoms with van der Waals surface area (Å²) in [6, 6.07) is 8.99. The fourth-order valence-electron chi connectivity index (χ4n) is 1.12. The number of carbonyl (C=O) groups is 1. The molecule has 0 unspecified atom stereocenters. The summed E-state index contributed by atoms with van der Waals surface area (Å²) < 4.78 is 0. The normalized spacial score (nSPS) is 12.9. The van der Waals surface area contributed by atoms with Gasteiger partial charge in [0.25, 0.3) is 0 Å². The zero-order valence-corrected chi connectivity index (χ0v) is 7.90. The highest BCUT2D eigenvalue weighted by Gasteiger charge is 2.19. The third kappa shape index (κ3) is 2.39. The van der Waals surface area contributed by atoms with Crippen molar-refractivity contribution in [3.8, 4) is 0 Å². The lowest BCUT2D eigenvalue weighted by molar-refractivity contribution is -0.130. The van der Waals surface area contributed by atoms with Crippen molar-refractivity contribution in [3.63, 3.8) is 0 Å². The maximum Gasteiger partial charge on any atom is 0.168 e. The van der Waals surface area contributed by atoms with Gasteiger partial charge in [-0.25, -0.2) is 0 Å². The number of carbonyl (C=O) groups excluding carboxylic acids is 1. The van der Waals surface area contributed by atoms with Crippen LogP contribution in [0.25, 0.3) is 0 Å². The molecule has 1 rings (SSSR count). The number of Topliss-reactive ketones (excluding diaryl/α,β-unsaturated/α-hetero) is 1. The molecule has 1 aromatic carbocycles. The van der Waals surface area contributed by atoms with Crippen molar-refractivity contribution in [1.29, 1.82) is 0 Å². The molecule has 70 valence electrons. The molecule has 0 bridgehead atoms. The van der Waals surface area contributed by atoms with Gasteiger partial charge in [-0.15, -0.1) is 0 Å². The van der Waals surface area contributed by atoms with Crippen LogP contribution in [0, 0.1) is 5.92 Å². The third-order valence-electron chi connectivity index (χ3n) is 1.95. The lowest BCUT2D eigenvalue weighted by Gasteiger charge is -2.11. The zero-order valence-electron chi connectivity index (χ0n) is 7.90. The minimum absolute atomic E-state index is 0.129. The summed E-state index contributed by atoms with van der Waals surface area (Å²) in [5.41, 5.74) is 0.668. The highest BCUT2D eigenvalue weighted by molar-refractivity contribution is 5.85. The molecule has 0 aliphatic heterocycles. The van der Waals surface area contributed by atoms with Gasteiger partial charge in [-0.1, -0.05) is 44.2 Å². The number of benzene rings is 1. The van der Waals surface area contributed by atoms with Crippen LogP contribution in [0.5, 0.6) is 0 Å². The van der Waals surface area contributed by atoms with Crippen molar-refractivity contribution in [1.82, 2.24) is 0 Å². The summed E-state index contributed by atoms with van der Waals surface area (Å²) in [4.78, 5) is 11.4. The van der Waals surface area contributed by atoms with Gasteiger partial charge in [0.05, 0.1) is 0 Å². The van der Waals surface area contributed by atoms with Crippen LogP contribution in [0.2, 0.25) is 0 Å². The smallest absolute Gasteiger partial charge is 0.168 e. The lowest BCUT2D eigenvalue weighted by atomic mass is 9.98. The summed E-state index contributed by atoms with van der Waals surface area (Å²) in [6.07, 6.45) is -0.971. The summed E-state index contributed by atoms with van der Waals surface area (Å²) in [7, 11) is 0. The Bertz CT molecular complexity index is 277. The van der Waals surface area contributed by atoms with Crippen molar-refractivity contribution in [2.24, 2.45) is 5.92 Å². The van der Waals surface area contributed by atoms with Gasteiger partial charge in [-0.2, -0.15) is 0 Å². The standard InChI is InChI=1S/C11H14O2/c1-8(2)10(12)11(13)9-6-4-3-5-7-9/h3-8,11,13H,1-2H3/t11-/m0/s1. The molecule has 13 heavy (non-hydrogen) atoms. The van der Waals surface area contributed by atoms with E-state index in [-0.39, 0.29) is 11.7 Å². The fourth-order valence-corrected chi connectivity index (χ4v) is 1.12. The largest absolute Gasteiger partial charge is 0.381 e. The molecule has 1 atom stereocenters. The lowest BCUT2D eigenvalue weighted by Crippen LogP contribution is -2.17. The van der Waals surface area contributed by atoms with E-state index in [1.165, 1.54) is 0 Å². The van der Waals surface area contributed by atoms with Crippen LogP contribution in [-0.4, -0.2) is 10.9 Å². The number of rotatable bonds is 3. The molecule has 1 aromatic rings. The van der Waals surface area contributed by atoms with Crippen molar-refractivity contribution in [2.75, 3.05) is 0 Å². The quantitative estimate of drug-likeness (QED) is 0.768. The van der Waals surface area contributed by atoms with Gasteiger partial charge in [-0.05, 0) is 5.56 Å². The zero-order chi connectivity index (χ0) is 9.84.